The lowest BCUT2D eigenvalue weighted by atomic mass is 10.0. The van der Waals surface area contributed by atoms with E-state index in [1.165, 1.54) is 6.07 Å². The summed E-state index contributed by atoms with van der Waals surface area (Å²) in [5.74, 6) is -0.736. The maximum Gasteiger partial charge on any atom is 0.417 e. The van der Waals surface area contributed by atoms with Crippen molar-refractivity contribution in [3.63, 3.8) is 0 Å². The molecule has 0 amide bonds. The number of alkyl halides is 3. The van der Waals surface area contributed by atoms with Gasteiger partial charge in [-0.2, -0.15) is 13.2 Å². The number of carbonyl (C=O) groups is 1. The van der Waals surface area contributed by atoms with Gasteiger partial charge in [-0.1, -0.05) is 41.9 Å². The fraction of sp³-hybridized carbons (Fsp3) is 0.188. The zero-order chi connectivity index (χ0) is 16.2. The molecule has 0 aromatic heterocycles. The molecule has 0 spiro atoms. The van der Waals surface area contributed by atoms with Crippen molar-refractivity contribution < 1.29 is 22.7 Å². The zero-order valence-corrected chi connectivity index (χ0v) is 12.1. The molecule has 0 heterocycles. The minimum atomic E-state index is -4.64. The summed E-state index contributed by atoms with van der Waals surface area (Å²) in [5.41, 5.74) is -0.652. The molecule has 22 heavy (non-hydrogen) atoms. The smallest absolute Gasteiger partial charge is 0.369 e. The zero-order valence-electron chi connectivity index (χ0n) is 11.4. The van der Waals surface area contributed by atoms with Crippen LogP contribution in [0.25, 0.3) is 0 Å². The first-order valence-electron chi connectivity index (χ1n) is 6.39. The van der Waals surface area contributed by atoms with Gasteiger partial charge in [-0.15, -0.1) is 0 Å². The molecular weight excluding hydrogens is 317 g/mol. The van der Waals surface area contributed by atoms with Gasteiger partial charge in [-0.25, -0.2) is 0 Å². The van der Waals surface area contributed by atoms with Gasteiger partial charge in [0.05, 0.1) is 12.2 Å². The second-order valence-corrected chi connectivity index (χ2v) is 5.03. The van der Waals surface area contributed by atoms with Crippen LogP contribution in [-0.2, 0) is 17.5 Å². The first-order chi connectivity index (χ1) is 10.4. The summed E-state index contributed by atoms with van der Waals surface area (Å²) in [7, 11) is 0. The fourth-order valence-electron chi connectivity index (χ4n) is 1.91. The standard InChI is InChI=1S/C16H12ClF3O2/c17-12-6-7-13(14(8-12)16(18,19)20)15(21)10-22-9-11-4-2-1-3-5-11/h1-8H,9-10H2. The average Bonchev–Trinajstić information content (AvgIpc) is 2.47. The van der Waals surface area contributed by atoms with Crippen molar-refractivity contribution in [3.05, 3.63) is 70.2 Å². The summed E-state index contributed by atoms with van der Waals surface area (Å²) in [4.78, 5) is 11.9. The second kappa shape index (κ2) is 6.94. The monoisotopic (exact) mass is 328 g/mol. The summed E-state index contributed by atoms with van der Waals surface area (Å²) in [5, 5.41) is -0.0749. The Bertz CT molecular complexity index is 654. The Balaban J connectivity index is 2.07. The van der Waals surface area contributed by atoms with Crippen molar-refractivity contribution in [2.45, 2.75) is 12.8 Å². The van der Waals surface area contributed by atoms with Gasteiger partial charge >= 0.3 is 6.18 Å². The summed E-state index contributed by atoms with van der Waals surface area (Å²) >= 11 is 5.57. The first-order valence-corrected chi connectivity index (χ1v) is 6.77. The fourth-order valence-corrected chi connectivity index (χ4v) is 2.08. The third kappa shape index (κ3) is 4.32. The van der Waals surface area contributed by atoms with Crippen LogP contribution in [0.4, 0.5) is 13.2 Å². The van der Waals surface area contributed by atoms with Crippen LogP contribution in [0.3, 0.4) is 0 Å². The van der Waals surface area contributed by atoms with Crippen LogP contribution in [0.15, 0.2) is 48.5 Å². The lowest BCUT2D eigenvalue weighted by Gasteiger charge is -2.12. The SMILES string of the molecule is O=C(COCc1ccccc1)c1ccc(Cl)cc1C(F)(F)F. The summed E-state index contributed by atoms with van der Waals surface area (Å²) in [6, 6.07) is 12.1. The number of Topliss-reactive ketones (excluding diaryl/α,β-unsaturated/α-hetero) is 1. The van der Waals surface area contributed by atoms with Gasteiger partial charge < -0.3 is 4.74 Å². The molecule has 0 radical (unpaired) electrons. The largest absolute Gasteiger partial charge is 0.417 e. The number of rotatable bonds is 5. The number of ether oxygens (including phenoxy) is 1. The molecular formula is C16H12ClF3O2. The lowest BCUT2D eigenvalue weighted by molar-refractivity contribution is -0.137. The van der Waals surface area contributed by atoms with E-state index in [9.17, 15) is 18.0 Å². The number of benzene rings is 2. The Morgan fingerprint density at radius 3 is 2.41 bits per heavy atom. The summed E-state index contributed by atoms with van der Waals surface area (Å²) in [6.07, 6.45) is -4.64. The van der Waals surface area contributed by atoms with E-state index in [1.807, 2.05) is 18.2 Å². The molecule has 0 unspecified atom stereocenters. The lowest BCUT2D eigenvalue weighted by Crippen LogP contribution is -2.16. The maximum atomic E-state index is 12.9. The van der Waals surface area contributed by atoms with Gasteiger partial charge in [-0.05, 0) is 23.8 Å². The molecule has 0 bridgehead atoms. The quantitative estimate of drug-likeness (QED) is 0.740. The molecule has 0 fully saturated rings. The summed E-state index contributed by atoms with van der Waals surface area (Å²) in [6.45, 7) is -0.277. The van der Waals surface area contributed by atoms with E-state index in [0.29, 0.717) is 0 Å². The van der Waals surface area contributed by atoms with Crippen LogP contribution >= 0.6 is 11.6 Å². The van der Waals surface area contributed by atoms with Crippen LogP contribution in [-0.4, -0.2) is 12.4 Å². The van der Waals surface area contributed by atoms with E-state index >= 15 is 0 Å². The van der Waals surface area contributed by atoms with Crippen molar-refractivity contribution >= 4 is 17.4 Å². The van der Waals surface area contributed by atoms with Crippen molar-refractivity contribution in [3.8, 4) is 0 Å². The van der Waals surface area contributed by atoms with E-state index in [0.717, 1.165) is 17.7 Å². The molecule has 0 saturated carbocycles. The van der Waals surface area contributed by atoms with Gasteiger partial charge in [0.2, 0.25) is 0 Å². The van der Waals surface area contributed by atoms with Crippen LogP contribution in [0, 0.1) is 0 Å². The highest BCUT2D eigenvalue weighted by atomic mass is 35.5. The van der Waals surface area contributed by atoms with Crippen LogP contribution < -0.4 is 0 Å². The molecule has 0 saturated heterocycles. The predicted molar refractivity (Wildman–Crippen MR) is 76.9 cm³/mol. The Labute approximate surface area is 130 Å². The molecule has 2 aromatic carbocycles. The van der Waals surface area contributed by atoms with Crippen molar-refractivity contribution in [2.24, 2.45) is 0 Å². The van der Waals surface area contributed by atoms with E-state index in [-0.39, 0.29) is 11.6 Å². The molecule has 2 aromatic rings. The normalized spacial score (nSPS) is 11.5. The van der Waals surface area contributed by atoms with Crippen LogP contribution in [0.1, 0.15) is 21.5 Å². The van der Waals surface area contributed by atoms with Gasteiger partial charge in [0, 0.05) is 10.6 Å². The molecule has 0 aliphatic heterocycles. The van der Waals surface area contributed by atoms with Crippen LogP contribution in [0.5, 0.6) is 0 Å². The number of halogens is 4. The van der Waals surface area contributed by atoms with Crippen LogP contribution in [0.2, 0.25) is 5.02 Å². The molecule has 2 nitrogen and oxygen atoms in total. The van der Waals surface area contributed by atoms with Gasteiger partial charge in [0.1, 0.15) is 6.61 Å². The molecule has 116 valence electrons. The maximum absolute atomic E-state index is 12.9. The topological polar surface area (TPSA) is 26.3 Å². The molecule has 0 atom stereocenters. The Kier molecular flexibility index (Phi) is 5.21. The first kappa shape index (κ1) is 16.5. The summed E-state index contributed by atoms with van der Waals surface area (Å²) < 4.78 is 44.0. The Morgan fingerprint density at radius 1 is 1.09 bits per heavy atom. The van der Waals surface area contributed by atoms with E-state index in [4.69, 9.17) is 16.3 Å². The predicted octanol–water partition coefficient (Wildman–Crippen LogP) is 4.76. The number of ketones is 1. The third-order valence-corrected chi connectivity index (χ3v) is 3.17. The molecule has 0 N–H and O–H groups in total. The van der Waals surface area contributed by atoms with Crippen molar-refractivity contribution in [1.82, 2.24) is 0 Å². The highest BCUT2D eigenvalue weighted by Crippen LogP contribution is 2.34. The highest BCUT2D eigenvalue weighted by molar-refractivity contribution is 6.30. The number of hydrogen-bond donors (Lipinski definition) is 0. The van der Waals surface area contributed by atoms with Crippen molar-refractivity contribution in [1.29, 1.82) is 0 Å². The molecule has 6 heteroatoms. The third-order valence-electron chi connectivity index (χ3n) is 2.93. The Morgan fingerprint density at radius 2 is 1.77 bits per heavy atom. The molecule has 0 aliphatic rings. The minimum absolute atomic E-state index is 0.0749. The Hall–Kier alpha value is -1.85. The number of carbonyl (C=O) groups excluding carboxylic acids is 1. The van der Waals surface area contributed by atoms with Gasteiger partial charge in [0.25, 0.3) is 0 Å². The minimum Gasteiger partial charge on any atom is -0.369 e. The highest BCUT2D eigenvalue weighted by Gasteiger charge is 2.35. The number of hydrogen-bond acceptors (Lipinski definition) is 2. The molecule has 0 aliphatic carbocycles. The average molecular weight is 329 g/mol. The van der Waals surface area contributed by atoms with Gasteiger partial charge in [-0.3, -0.25) is 4.79 Å². The van der Waals surface area contributed by atoms with E-state index in [2.05, 4.69) is 0 Å². The second-order valence-electron chi connectivity index (χ2n) is 4.59. The van der Waals surface area contributed by atoms with E-state index < -0.39 is 29.7 Å². The van der Waals surface area contributed by atoms with Gasteiger partial charge in [0.15, 0.2) is 5.78 Å². The van der Waals surface area contributed by atoms with Crippen molar-refractivity contribution in [2.75, 3.05) is 6.61 Å². The molecule has 2 rings (SSSR count). The van der Waals surface area contributed by atoms with E-state index in [1.54, 1.807) is 12.1 Å².